The second-order valence-electron chi connectivity index (χ2n) is 6.86. The number of nitrogens with one attached hydrogen (secondary N) is 1. The zero-order chi connectivity index (χ0) is 20.8. The second-order valence-corrected chi connectivity index (χ2v) is 7.30. The fourth-order valence-electron chi connectivity index (χ4n) is 3.10. The van der Waals surface area contributed by atoms with Gasteiger partial charge in [-0.1, -0.05) is 41.6 Å². The maximum Gasteiger partial charge on any atom is 0.230 e. The summed E-state index contributed by atoms with van der Waals surface area (Å²) in [5.41, 5.74) is 2.95. The number of carbonyl (C=O) groups excluding carboxylic acids is 2. The number of imide groups is 1. The van der Waals surface area contributed by atoms with Crippen LogP contribution in [0.3, 0.4) is 0 Å². The molecule has 0 aliphatic carbocycles. The van der Waals surface area contributed by atoms with Crippen molar-refractivity contribution < 1.29 is 14.3 Å². The molecule has 5 nitrogen and oxygen atoms in total. The molecule has 0 spiro atoms. The smallest absolute Gasteiger partial charge is 0.230 e. The summed E-state index contributed by atoms with van der Waals surface area (Å²) in [6.07, 6.45) is 0.556. The molecular formula is C23H23ClN2O3. The van der Waals surface area contributed by atoms with Crippen molar-refractivity contribution in [3.05, 3.63) is 64.2 Å². The lowest BCUT2D eigenvalue weighted by Gasteiger charge is -2.15. The number of nitrogens with zero attached hydrogens (tertiary/aromatic N) is 1. The van der Waals surface area contributed by atoms with Crippen molar-refractivity contribution in [1.29, 1.82) is 0 Å². The van der Waals surface area contributed by atoms with Crippen LogP contribution in [-0.2, 0) is 16.1 Å². The molecule has 0 saturated carbocycles. The van der Waals surface area contributed by atoms with Crippen LogP contribution in [0.15, 0.2) is 42.5 Å². The molecule has 0 radical (unpaired) electrons. The van der Waals surface area contributed by atoms with Gasteiger partial charge >= 0.3 is 0 Å². The van der Waals surface area contributed by atoms with Crippen molar-refractivity contribution in [2.75, 3.05) is 13.7 Å². The summed E-state index contributed by atoms with van der Waals surface area (Å²) >= 11 is 5.94. The molecule has 150 valence electrons. The van der Waals surface area contributed by atoms with Crippen LogP contribution in [-0.4, -0.2) is 30.4 Å². The molecule has 1 atom stereocenters. The van der Waals surface area contributed by atoms with Crippen molar-refractivity contribution in [2.45, 2.75) is 32.4 Å². The van der Waals surface area contributed by atoms with Crippen molar-refractivity contribution in [2.24, 2.45) is 0 Å². The van der Waals surface area contributed by atoms with Crippen LogP contribution in [0.2, 0.25) is 5.02 Å². The summed E-state index contributed by atoms with van der Waals surface area (Å²) in [5, 5.41) is 4.20. The van der Waals surface area contributed by atoms with E-state index in [1.807, 2.05) is 42.5 Å². The molecule has 1 saturated heterocycles. The first kappa shape index (κ1) is 20.9. The lowest BCUT2D eigenvalue weighted by molar-refractivity contribution is -0.137. The van der Waals surface area contributed by atoms with E-state index in [4.69, 9.17) is 16.3 Å². The zero-order valence-electron chi connectivity index (χ0n) is 16.5. The Morgan fingerprint density at radius 3 is 2.48 bits per heavy atom. The van der Waals surface area contributed by atoms with Gasteiger partial charge in [0, 0.05) is 30.5 Å². The van der Waals surface area contributed by atoms with Crippen molar-refractivity contribution in [1.82, 2.24) is 10.2 Å². The third kappa shape index (κ3) is 5.38. The first-order valence-corrected chi connectivity index (χ1v) is 9.83. The van der Waals surface area contributed by atoms with E-state index < -0.39 is 0 Å². The number of hydrogen-bond donors (Lipinski definition) is 1. The highest BCUT2D eigenvalue weighted by Crippen LogP contribution is 2.21. The van der Waals surface area contributed by atoms with E-state index in [1.54, 1.807) is 7.11 Å². The van der Waals surface area contributed by atoms with Gasteiger partial charge < -0.3 is 10.1 Å². The highest BCUT2D eigenvalue weighted by atomic mass is 35.5. The fourth-order valence-corrected chi connectivity index (χ4v) is 3.23. The van der Waals surface area contributed by atoms with Gasteiger partial charge in [-0.3, -0.25) is 14.5 Å². The van der Waals surface area contributed by atoms with E-state index >= 15 is 0 Å². The van der Waals surface area contributed by atoms with Crippen LogP contribution in [0, 0.1) is 11.8 Å². The van der Waals surface area contributed by atoms with Gasteiger partial charge in [-0.2, -0.15) is 0 Å². The van der Waals surface area contributed by atoms with E-state index in [-0.39, 0.29) is 37.2 Å². The maximum atomic E-state index is 11.6. The van der Waals surface area contributed by atoms with Crippen LogP contribution >= 0.6 is 11.6 Å². The summed E-state index contributed by atoms with van der Waals surface area (Å²) in [4.78, 5) is 24.5. The van der Waals surface area contributed by atoms with Crippen molar-refractivity contribution in [3.8, 4) is 17.6 Å². The standard InChI is InChI=1S/C23H23ClN2O3/c1-16(18-7-9-20(24)10-8-18)25-15-17-5-6-19(21(14-17)29-2)4-3-13-26-22(27)11-12-23(26)28/h5-10,14,16,25H,11-13,15H2,1-2H3/t16-/m0/s1. The van der Waals surface area contributed by atoms with E-state index in [0.29, 0.717) is 12.3 Å². The minimum atomic E-state index is -0.160. The predicted molar refractivity (Wildman–Crippen MR) is 113 cm³/mol. The number of likely N-dealkylation sites (tertiary alicyclic amines) is 1. The van der Waals surface area contributed by atoms with Gasteiger partial charge in [-0.15, -0.1) is 0 Å². The molecule has 2 amide bonds. The lowest BCUT2D eigenvalue weighted by Crippen LogP contribution is -2.29. The van der Waals surface area contributed by atoms with Gasteiger partial charge in [0.15, 0.2) is 0 Å². The first-order chi connectivity index (χ1) is 14.0. The first-order valence-electron chi connectivity index (χ1n) is 9.45. The van der Waals surface area contributed by atoms with Crippen LogP contribution in [0.5, 0.6) is 5.75 Å². The molecule has 0 bridgehead atoms. The van der Waals surface area contributed by atoms with Gasteiger partial charge in [0.1, 0.15) is 5.75 Å². The Labute approximate surface area is 176 Å². The highest BCUT2D eigenvalue weighted by molar-refractivity contribution is 6.30. The zero-order valence-corrected chi connectivity index (χ0v) is 17.3. The summed E-state index contributed by atoms with van der Waals surface area (Å²) in [6, 6.07) is 13.8. The fraction of sp³-hybridized carbons (Fsp3) is 0.304. The quantitative estimate of drug-likeness (QED) is 0.582. The molecule has 1 fully saturated rings. The van der Waals surface area contributed by atoms with E-state index in [9.17, 15) is 9.59 Å². The number of hydrogen-bond acceptors (Lipinski definition) is 4. The Kier molecular flexibility index (Phi) is 6.92. The molecule has 2 aromatic rings. The lowest BCUT2D eigenvalue weighted by atomic mass is 10.1. The number of ether oxygens (including phenoxy) is 1. The minimum absolute atomic E-state index is 0.114. The average Bonchev–Trinajstić information content (AvgIpc) is 3.05. The molecule has 0 unspecified atom stereocenters. The normalized spacial score (nSPS) is 14.5. The Morgan fingerprint density at radius 2 is 1.83 bits per heavy atom. The monoisotopic (exact) mass is 410 g/mol. The predicted octanol–water partition coefficient (Wildman–Crippen LogP) is 3.70. The molecule has 1 aliphatic heterocycles. The third-order valence-corrected chi connectivity index (χ3v) is 5.12. The average molecular weight is 411 g/mol. The van der Waals surface area contributed by atoms with Crippen LogP contribution in [0.4, 0.5) is 0 Å². The molecule has 1 N–H and O–H groups in total. The number of methoxy groups -OCH3 is 1. The van der Waals surface area contributed by atoms with Crippen LogP contribution in [0.1, 0.15) is 42.5 Å². The number of carbonyl (C=O) groups is 2. The summed E-state index contributed by atoms with van der Waals surface area (Å²) in [7, 11) is 1.60. The summed E-state index contributed by atoms with van der Waals surface area (Å²) in [5.74, 6) is 6.25. The maximum absolute atomic E-state index is 11.6. The highest BCUT2D eigenvalue weighted by Gasteiger charge is 2.27. The summed E-state index contributed by atoms with van der Waals surface area (Å²) < 4.78 is 5.46. The molecule has 0 aromatic heterocycles. The van der Waals surface area contributed by atoms with Crippen LogP contribution in [0.25, 0.3) is 0 Å². The van der Waals surface area contributed by atoms with E-state index in [2.05, 4.69) is 24.1 Å². The molecular weight excluding hydrogens is 388 g/mol. The van der Waals surface area contributed by atoms with E-state index in [1.165, 1.54) is 4.90 Å². The van der Waals surface area contributed by atoms with Gasteiger partial charge in [-0.25, -0.2) is 0 Å². The minimum Gasteiger partial charge on any atom is -0.495 e. The number of halogens is 1. The molecule has 1 heterocycles. The van der Waals surface area contributed by atoms with Crippen molar-refractivity contribution >= 4 is 23.4 Å². The third-order valence-electron chi connectivity index (χ3n) is 4.86. The molecule has 2 aromatic carbocycles. The van der Waals surface area contributed by atoms with Gasteiger partial charge in [0.05, 0.1) is 19.2 Å². The number of amides is 2. The molecule has 6 heteroatoms. The Morgan fingerprint density at radius 1 is 1.14 bits per heavy atom. The Bertz CT molecular complexity index is 944. The summed E-state index contributed by atoms with van der Waals surface area (Å²) in [6.45, 7) is 2.88. The SMILES string of the molecule is COc1cc(CN[C@@H](C)c2ccc(Cl)cc2)ccc1C#CCN1C(=O)CCC1=O. The Balaban J connectivity index is 1.63. The molecule has 29 heavy (non-hydrogen) atoms. The van der Waals surface area contributed by atoms with Crippen molar-refractivity contribution in [3.63, 3.8) is 0 Å². The van der Waals surface area contributed by atoms with Crippen LogP contribution < -0.4 is 10.1 Å². The second kappa shape index (κ2) is 9.60. The molecule has 3 rings (SSSR count). The largest absolute Gasteiger partial charge is 0.495 e. The number of rotatable bonds is 6. The number of benzene rings is 2. The molecule has 1 aliphatic rings. The van der Waals surface area contributed by atoms with Gasteiger partial charge in [0.2, 0.25) is 11.8 Å². The topological polar surface area (TPSA) is 58.6 Å². The van der Waals surface area contributed by atoms with E-state index in [0.717, 1.165) is 21.7 Å². The van der Waals surface area contributed by atoms with Gasteiger partial charge in [-0.05, 0) is 42.3 Å². The Hall–Kier alpha value is -2.81. The van der Waals surface area contributed by atoms with Gasteiger partial charge in [0.25, 0.3) is 0 Å².